The number of halogens is 3. The normalized spacial score (nSPS) is 21.2. The number of amides is 1. The van der Waals surface area contributed by atoms with Crippen LogP contribution in [0.15, 0.2) is 23.2 Å². The van der Waals surface area contributed by atoms with Gasteiger partial charge in [-0.3, -0.25) is 9.79 Å². The lowest BCUT2D eigenvalue weighted by molar-refractivity contribution is -0.167. The summed E-state index contributed by atoms with van der Waals surface area (Å²) in [6, 6.07) is 3.60. The molecule has 0 radical (unpaired) electrons. The number of carbonyl (C=O) groups is 1. The SMILES string of the molecule is COC1(C(=O)N2Cc3c(n4c(nc3=NC(C)c3cccc(C(F)(F)F)c3C)NCC4(C)C)C2)CCOCC1. The Morgan fingerprint density at radius 3 is 2.61 bits per heavy atom. The van der Waals surface area contributed by atoms with Crippen LogP contribution in [0.4, 0.5) is 19.1 Å². The number of carbonyl (C=O) groups excluding carboxylic acids is 1. The van der Waals surface area contributed by atoms with E-state index in [1.54, 1.807) is 25.0 Å². The maximum absolute atomic E-state index is 13.8. The molecule has 11 heteroatoms. The average molecular weight is 534 g/mol. The maximum atomic E-state index is 13.8. The molecule has 8 nitrogen and oxygen atoms in total. The van der Waals surface area contributed by atoms with Gasteiger partial charge in [0.25, 0.3) is 5.91 Å². The fourth-order valence-corrected chi connectivity index (χ4v) is 5.92. The number of fused-ring (bicyclic) bond motifs is 3. The van der Waals surface area contributed by atoms with Crippen LogP contribution < -0.4 is 10.8 Å². The van der Waals surface area contributed by atoms with Crippen LogP contribution >= 0.6 is 0 Å². The van der Waals surface area contributed by atoms with Crippen molar-refractivity contribution >= 4 is 11.9 Å². The van der Waals surface area contributed by atoms with E-state index in [1.807, 2.05) is 0 Å². The lowest BCUT2D eigenvalue weighted by atomic mass is 9.92. The van der Waals surface area contributed by atoms with E-state index < -0.39 is 23.4 Å². The smallest absolute Gasteiger partial charge is 0.381 e. The Kier molecular flexibility index (Phi) is 6.58. The van der Waals surface area contributed by atoms with Crippen molar-refractivity contribution in [2.24, 2.45) is 4.99 Å². The minimum atomic E-state index is -4.44. The zero-order valence-electron chi connectivity index (χ0n) is 22.4. The monoisotopic (exact) mass is 533 g/mol. The van der Waals surface area contributed by atoms with Crippen molar-refractivity contribution in [2.75, 3.05) is 32.2 Å². The minimum Gasteiger partial charge on any atom is -0.381 e. The Morgan fingerprint density at radius 2 is 1.95 bits per heavy atom. The molecule has 0 bridgehead atoms. The minimum absolute atomic E-state index is 0.0923. The molecule has 0 saturated carbocycles. The summed E-state index contributed by atoms with van der Waals surface area (Å²) < 4.78 is 54.0. The second-order valence-corrected chi connectivity index (χ2v) is 11.0. The summed E-state index contributed by atoms with van der Waals surface area (Å²) >= 11 is 0. The van der Waals surface area contributed by atoms with Crippen LogP contribution in [0, 0.1) is 6.92 Å². The Labute approximate surface area is 219 Å². The number of nitrogens with one attached hydrogen (secondary N) is 1. The lowest BCUT2D eigenvalue weighted by Crippen LogP contribution is -2.52. The molecule has 0 spiro atoms. The lowest BCUT2D eigenvalue weighted by Gasteiger charge is -2.37. The first kappa shape index (κ1) is 26.7. The van der Waals surface area contributed by atoms with E-state index in [2.05, 4.69) is 23.7 Å². The second kappa shape index (κ2) is 9.37. The molecule has 1 unspecified atom stereocenters. The van der Waals surface area contributed by atoms with Gasteiger partial charge in [0.05, 0.1) is 30.2 Å². The number of rotatable bonds is 4. The number of nitrogens with zero attached hydrogens (tertiary/aromatic N) is 4. The van der Waals surface area contributed by atoms with Crippen LogP contribution in [0.2, 0.25) is 0 Å². The Balaban J connectivity index is 1.58. The first-order chi connectivity index (χ1) is 17.9. The van der Waals surface area contributed by atoms with Crippen molar-refractivity contribution in [3.63, 3.8) is 0 Å². The fourth-order valence-electron chi connectivity index (χ4n) is 5.92. The van der Waals surface area contributed by atoms with Gasteiger partial charge in [0.1, 0.15) is 0 Å². The van der Waals surface area contributed by atoms with Gasteiger partial charge in [-0.05, 0) is 44.9 Å². The van der Waals surface area contributed by atoms with E-state index in [1.165, 1.54) is 13.0 Å². The first-order valence-corrected chi connectivity index (χ1v) is 12.9. The van der Waals surface area contributed by atoms with E-state index in [0.29, 0.717) is 62.7 Å². The number of hydrogen-bond donors (Lipinski definition) is 1. The molecule has 3 aliphatic heterocycles. The van der Waals surface area contributed by atoms with E-state index in [9.17, 15) is 18.0 Å². The third-order valence-electron chi connectivity index (χ3n) is 8.10. The molecule has 4 heterocycles. The van der Waals surface area contributed by atoms with Crippen molar-refractivity contribution in [2.45, 2.75) is 77.0 Å². The van der Waals surface area contributed by atoms with Gasteiger partial charge in [0.15, 0.2) is 11.1 Å². The molecule has 1 aromatic heterocycles. The Hall–Kier alpha value is -2.92. The molecule has 38 heavy (non-hydrogen) atoms. The van der Waals surface area contributed by atoms with Crippen molar-refractivity contribution in [1.82, 2.24) is 14.5 Å². The van der Waals surface area contributed by atoms with Gasteiger partial charge in [-0.15, -0.1) is 0 Å². The summed E-state index contributed by atoms with van der Waals surface area (Å²) in [5.74, 6) is 0.549. The van der Waals surface area contributed by atoms with E-state index >= 15 is 0 Å². The molecule has 1 saturated heterocycles. The summed E-state index contributed by atoms with van der Waals surface area (Å²) in [5.41, 5.74) is 0.956. The predicted molar refractivity (Wildman–Crippen MR) is 134 cm³/mol. The highest BCUT2D eigenvalue weighted by atomic mass is 19.4. The summed E-state index contributed by atoms with van der Waals surface area (Å²) in [4.78, 5) is 25.2. The molecule has 2 aromatic rings. The largest absolute Gasteiger partial charge is 0.416 e. The van der Waals surface area contributed by atoms with Gasteiger partial charge in [0.2, 0.25) is 5.95 Å². The summed E-state index contributed by atoms with van der Waals surface area (Å²) in [6.07, 6.45) is -3.48. The highest BCUT2D eigenvalue weighted by molar-refractivity contribution is 5.86. The van der Waals surface area contributed by atoms with Crippen molar-refractivity contribution in [3.8, 4) is 0 Å². The van der Waals surface area contributed by atoms with Crippen LogP contribution in [-0.2, 0) is 39.1 Å². The van der Waals surface area contributed by atoms with Gasteiger partial charge in [0, 0.05) is 51.0 Å². The summed E-state index contributed by atoms with van der Waals surface area (Å²) in [5, 5.41) is 3.34. The van der Waals surface area contributed by atoms with Crippen LogP contribution in [0.1, 0.15) is 67.6 Å². The molecule has 206 valence electrons. The standard InChI is InChI=1S/C27H34F3N5O3/c1-16-18(7-6-8-20(16)27(28,29)30)17(2)32-22-19-13-34(23(36)26(37-5)9-11-38-12-10-26)14-21(19)35-24(33-22)31-15-25(35,3)4/h6-8,17H,9-15H2,1-5H3,(H,31,32,33). The van der Waals surface area contributed by atoms with Crippen molar-refractivity contribution in [1.29, 1.82) is 0 Å². The molecule has 1 atom stereocenters. The maximum Gasteiger partial charge on any atom is 0.416 e. The highest BCUT2D eigenvalue weighted by Crippen LogP contribution is 2.37. The molecule has 1 aromatic carbocycles. The number of methoxy groups -OCH3 is 1. The van der Waals surface area contributed by atoms with Crippen LogP contribution in [0.5, 0.6) is 0 Å². The molecule has 1 fully saturated rings. The van der Waals surface area contributed by atoms with Gasteiger partial charge in [-0.1, -0.05) is 12.1 Å². The van der Waals surface area contributed by atoms with Gasteiger partial charge >= 0.3 is 6.18 Å². The molecule has 5 rings (SSSR count). The number of aromatic nitrogens is 2. The molecule has 0 aliphatic carbocycles. The first-order valence-electron chi connectivity index (χ1n) is 12.9. The molecule has 3 aliphatic rings. The zero-order valence-corrected chi connectivity index (χ0v) is 22.4. The van der Waals surface area contributed by atoms with Crippen LogP contribution in [0.3, 0.4) is 0 Å². The highest BCUT2D eigenvalue weighted by Gasteiger charge is 2.46. The van der Waals surface area contributed by atoms with Crippen molar-refractivity contribution < 1.29 is 27.4 Å². The van der Waals surface area contributed by atoms with Gasteiger partial charge < -0.3 is 24.3 Å². The quantitative estimate of drug-likeness (QED) is 0.641. The molecule has 1 amide bonds. The van der Waals surface area contributed by atoms with Crippen molar-refractivity contribution in [3.05, 3.63) is 51.6 Å². The second-order valence-electron chi connectivity index (χ2n) is 11.0. The van der Waals surface area contributed by atoms with Gasteiger partial charge in [-0.25, -0.2) is 0 Å². The third kappa shape index (κ3) is 4.39. The molecule has 1 N–H and O–H groups in total. The van der Waals surface area contributed by atoms with E-state index in [0.717, 1.165) is 17.3 Å². The number of alkyl halides is 3. The number of anilines is 1. The van der Waals surface area contributed by atoms with E-state index in [-0.39, 0.29) is 17.0 Å². The third-order valence-corrected chi connectivity index (χ3v) is 8.10. The Morgan fingerprint density at radius 1 is 1.24 bits per heavy atom. The van der Waals surface area contributed by atoms with Crippen LogP contribution in [-0.4, -0.2) is 52.8 Å². The number of hydrogen-bond acceptors (Lipinski definition) is 6. The zero-order chi connectivity index (χ0) is 27.5. The summed E-state index contributed by atoms with van der Waals surface area (Å²) in [6.45, 7) is 9.70. The topological polar surface area (TPSA) is 81.0 Å². The fraction of sp³-hybridized carbons (Fsp3) is 0.593. The van der Waals surface area contributed by atoms with Gasteiger partial charge in [-0.2, -0.15) is 18.2 Å². The van der Waals surface area contributed by atoms with Crippen LogP contribution in [0.25, 0.3) is 0 Å². The van der Waals surface area contributed by atoms with E-state index in [4.69, 9.17) is 19.5 Å². The predicted octanol–water partition coefficient (Wildman–Crippen LogP) is 4.07. The molecular weight excluding hydrogens is 499 g/mol. The average Bonchev–Trinajstić information content (AvgIpc) is 3.44. The Bertz CT molecular complexity index is 1330. The number of benzene rings is 1. The summed E-state index contributed by atoms with van der Waals surface area (Å²) in [7, 11) is 1.56. The number of ether oxygens (including phenoxy) is 2. The molecular formula is C27H34F3N5O3.